The van der Waals surface area contributed by atoms with Crippen LogP contribution in [-0.4, -0.2) is 68.1 Å². The zero-order valence-corrected chi connectivity index (χ0v) is 98.5. The minimum atomic E-state index is -0.565. The Hall–Kier alpha value is 11.2. The number of Topliss-reactive ketones (excluding diaryl/α,β-unsaturated/α-hetero) is 1. The Balaban J connectivity index is 0.00000103. The Morgan fingerprint density at radius 2 is 0.955 bits per heavy atom. The topological polar surface area (TPSA) is 139 Å². The van der Waals surface area contributed by atoms with Crippen LogP contribution in [-0.2, 0) is 29.1 Å². The number of thiol groups is 1. The molecule has 0 amide bonds. The number of ketones is 1. The van der Waals surface area contributed by atoms with Gasteiger partial charge < -0.3 is 18.9 Å². The SMILES string of the molecule is CC(=O)c1c(F)cccc1Cl.CCOC(=O)CS.CCOC(=O)c1sc2cccc(Cl)c2c1C.CCOC(=O)c1sc2cccc(Cl)c2c1C=O.CCOC(=O)c1sc2cccc(Cl)c2c1CBr.II(I)I(I)I.II(I)I(I)I(I)I.I[I-]I(I)I(I)I. The van der Waals surface area contributed by atoms with E-state index >= 15 is 0 Å². The number of alkyl halides is 1. The van der Waals surface area contributed by atoms with E-state index in [2.05, 4.69) is 275 Å². The molecule has 0 N–H and O–H groups in total. The van der Waals surface area contributed by atoms with Crippen molar-refractivity contribution in [2.45, 2.75) is 46.9 Å². The summed E-state index contributed by atoms with van der Waals surface area (Å²) in [6, 6.07) is 20.8. The molecular formula is C48H44BrCl4FI21O10S4-. The van der Waals surface area contributed by atoms with E-state index in [9.17, 15) is 33.2 Å². The molecule has 0 radical (unpaired) electrons. The number of thiophene rings is 3. The third-order valence-electron chi connectivity index (χ3n) is 9.12. The van der Waals surface area contributed by atoms with Crippen LogP contribution in [0, 0.1) is 12.7 Å². The normalized spacial score (nSPS) is 11.3. The molecule has 0 aliphatic carbocycles. The van der Waals surface area contributed by atoms with Gasteiger partial charge in [-0.1, -0.05) is 86.6 Å². The molecule has 41 heteroatoms. The number of aldehydes is 1. The molecule has 10 nitrogen and oxygen atoms in total. The van der Waals surface area contributed by atoms with Gasteiger partial charge in [-0.15, -0.1) is 34.0 Å². The number of carbonyl (C=O) groups excluding carboxylic acids is 6. The second kappa shape index (κ2) is 58.2. The van der Waals surface area contributed by atoms with E-state index in [0.717, 1.165) is 36.0 Å². The average molecular weight is 3810 g/mol. The third-order valence-corrected chi connectivity index (χ3v) is 758. The number of rotatable bonds is 16. The fraction of sp³-hybridized carbons (Fsp3) is 0.250. The maximum absolute atomic E-state index is 12.8. The molecule has 3 heterocycles. The molecule has 0 unspecified atom stereocenters. The summed E-state index contributed by atoms with van der Waals surface area (Å²) in [7, 11) is -2.06. The maximum atomic E-state index is 12.8. The van der Waals surface area contributed by atoms with Crippen molar-refractivity contribution in [3.8, 4) is 0 Å². The number of carbonyl (C=O) groups is 6. The summed E-state index contributed by atoms with van der Waals surface area (Å²) in [6.45, 7) is 11.8. The van der Waals surface area contributed by atoms with Gasteiger partial charge >= 0.3 is 334 Å². The van der Waals surface area contributed by atoms with Crippen LogP contribution >= 0.6 is 406 Å². The van der Waals surface area contributed by atoms with Gasteiger partial charge in [0.2, 0.25) is 0 Å². The van der Waals surface area contributed by atoms with Crippen LogP contribution in [0.2, 0.25) is 20.1 Å². The van der Waals surface area contributed by atoms with Gasteiger partial charge in [0.15, 0.2) is 12.1 Å². The summed E-state index contributed by atoms with van der Waals surface area (Å²) < 4.78 is 35.1. The van der Waals surface area contributed by atoms with Crippen LogP contribution in [0.25, 0.3) is 30.3 Å². The van der Waals surface area contributed by atoms with Crippen molar-refractivity contribution < 1.29 is 65.4 Å². The number of benzene rings is 4. The quantitative estimate of drug-likeness (QED) is 0.0189. The molecule has 4 aromatic carbocycles. The number of aryl methyl sites for hydroxylation is 1. The average Bonchev–Trinajstić information content (AvgIpc) is 1.70. The van der Waals surface area contributed by atoms with Crippen molar-refractivity contribution in [1.82, 2.24) is 0 Å². The molecule has 0 saturated heterocycles. The van der Waals surface area contributed by atoms with Crippen LogP contribution in [0.4, 0.5) is 4.39 Å². The molecule has 0 aliphatic rings. The van der Waals surface area contributed by atoms with Crippen LogP contribution in [0.3, 0.4) is 0 Å². The van der Waals surface area contributed by atoms with Crippen molar-refractivity contribution in [3.63, 3.8) is 0 Å². The summed E-state index contributed by atoms with van der Waals surface area (Å²) in [4.78, 5) is 68.8. The molecule has 0 atom stereocenters. The molecule has 89 heavy (non-hydrogen) atoms. The Bertz CT molecular complexity index is 3330. The van der Waals surface area contributed by atoms with E-state index in [0.29, 0.717) is 85.3 Å². The first kappa shape index (κ1) is 100. The molecule has 0 fully saturated rings. The van der Waals surface area contributed by atoms with E-state index < -0.39 is 11.8 Å². The number of halogens is 27. The molecule has 3 aromatic heterocycles. The van der Waals surface area contributed by atoms with Gasteiger partial charge in [0.05, 0.1) is 42.8 Å². The van der Waals surface area contributed by atoms with E-state index in [1.54, 1.807) is 39.8 Å². The molecule has 0 aliphatic heterocycles. The van der Waals surface area contributed by atoms with Gasteiger partial charge in [-0.3, -0.25) is 14.4 Å². The van der Waals surface area contributed by atoms with Gasteiger partial charge in [0.25, 0.3) is 0 Å². The molecule has 0 bridgehead atoms. The zero-order chi connectivity index (χ0) is 68.4. The first-order chi connectivity index (χ1) is 41.8. The Kier molecular flexibility index (Phi) is 65.6. The zero-order valence-electron chi connectivity index (χ0n) is 45.2. The number of hydrogen-bond donors (Lipinski definition) is 1. The van der Waals surface area contributed by atoms with Gasteiger partial charge in [0, 0.05) is 56.2 Å². The number of ether oxygens (including phenoxy) is 4. The first-order valence-corrected chi connectivity index (χ1v) is 142. The van der Waals surface area contributed by atoms with Crippen LogP contribution in [0.5, 0.6) is 0 Å². The molecular weight excluding hydrogens is 3770 g/mol. The van der Waals surface area contributed by atoms with Gasteiger partial charge in [0.1, 0.15) is 20.4 Å². The standard InChI is InChI=1S/C12H10BrClO2S.C12H9ClO3S.C12H11ClO2S.C8H6ClFO.C4H8O2S.I8.I7.I6/c1-2-16-12(15)11-7(6-13)10-8(14)4-3-5-9(10)17-11;1-2-16-12(15)11-7(6-14)10-8(13)4-3-5-9(10)17-11;1-3-15-12(14)11-7(2)10-8(13)5-4-6-9(10)16-11;1-5(11)8-6(9)3-2-4-7(8)10;1-2-6-4(5)3-7;1-6(2)8(5)7(3)4;1-5-7(4)6(2)3;1-5(2)6(3)4/h3-5H,2,6H2,1H3;3-6H,2H2,1H3;4-6H,3H2,1-2H3;2-4H,1H3;7H,2-3H2,1H3;;;/q;;;;;;-1;. The molecule has 0 saturated carbocycles. The van der Waals surface area contributed by atoms with E-state index in [-0.39, 0.29) is 102 Å². The monoisotopic (exact) mass is 3810 g/mol. The fourth-order valence-electron chi connectivity index (χ4n) is 5.98. The Morgan fingerprint density at radius 3 is 1.28 bits per heavy atom. The predicted molar refractivity (Wildman–Crippen MR) is 563 cm³/mol. The van der Waals surface area contributed by atoms with Crippen molar-refractivity contribution >= 4 is 472 Å². The summed E-state index contributed by atoms with van der Waals surface area (Å²) in [5, 5.41) is 5.10. The first-order valence-electron chi connectivity index (χ1n) is 22.9. The summed E-state index contributed by atoms with van der Waals surface area (Å²) in [5.74, 6) is -2.03. The summed E-state index contributed by atoms with van der Waals surface area (Å²) in [5.41, 5.74) is 2.10. The Labute approximate surface area is 731 Å². The number of fused-ring (bicyclic) bond motifs is 3. The van der Waals surface area contributed by atoms with E-state index in [1.165, 1.54) is 59.1 Å². The Morgan fingerprint density at radius 1 is 0.573 bits per heavy atom. The van der Waals surface area contributed by atoms with Crippen molar-refractivity contribution in [1.29, 1.82) is 0 Å². The van der Waals surface area contributed by atoms with E-state index in [1.807, 2.05) is 49.4 Å². The fourth-order valence-corrected chi connectivity index (χ4v) is 640. The van der Waals surface area contributed by atoms with E-state index in [4.69, 9.17) is 60.6 Å². The van der Waals surface area contributed by atoms with Crippen LogP contribution < -0.4 is 13.3 Å². The molecule has 7 rings (SSSR count). The summed E-state index contributed by atoms with van der Waals surface area (Å²) >= 11 is 70.7. The number of esters is 4. The molecule has 0 spiro atoms. The predicted octanol–water partition coefficient (Wildman–Crippen LogP) is 30.1. The van der Waals surface area contributed by atoms with Crippen molar-refractivity contribution in [2.24, 2.45) is 0 Å². The van der Waals surface area contributed by atoms with Crippen molar-refractivity contribution in [3.05, 3.63) is 136 Å². The van der Waals surface area contributed by atoms with Crippen LogP contribution in [0.1, 0.15) is 95.5 Å². The second-order valence-electron chi connectivity index (χ2n) is 14.4. The minimum absolute atomic E-state index is 0.0332. The van der Waals surface area contributed by atoms with Gasteiger partial charge in [-0.25, -0.2) is 18.8 Å². The van der Waals surface area contributed by atoms with Crippen molar-refractivity contribution in [2.75, 3.05) is 32.2 Å². The second-order valence-corrected chi connectivity index (χ2v) is 377. The van der Waals surface area contributed by atoms with Gasteiger partial charge in [-0.2, -0.15) is 12.6 Å². The van der Waals surface area contributed by atoms with Crippen LogP contribution in [0.15, 0.2) is 72.8 Å². The third kappa shape index (κ3) is 38.9. The molecule has 510 valence electrons. The number of hydrogen-bond acceptors (Lipinski definition) is 14. The van der Waals surface area contributed by atoms with Gasteiger partial charge in [-0.05, 0) is 101 Å². The molecule has 7 aromatic rings. The summed E-state index contributed by atoms with van der Waals surface area (Å²) in [6.07, 6.45) is 0.650.